The number of nitrogens with two attached hydrogens (primary N) is 1. The summed E-state index contributed by atoms with van der Waals surface area (Å²) in [5.41, 5.74) is 11.5. The topological polar surface area (TPSA) is 148 Å². The molecule has 13 heteroatoms. The largest absolute Gasteiger partial charge is 0.383 e. The number of aromatic nitrogens is 7. The van der Waals surface area contributed by atoms with Crippen LogP contribution in [0.3, 0.4) is 0 Å². The molecule has 3 N–H and O–H groups in total. The van der Waals surface area contributed by atoms with Gasteiger partial charge in [0, 0.05) is 41.9 Å². The lowest BCUT2D eigenvalue weighted by atomic mass is 9.94. The van der Waals surface area contributed by atoms with E-state index in [9.17, 15) is 8.42 Å². The Labute approximate surface area is 221 Å². The van der Waals surface area contributed by atoms with Crippen LogP contribution in [0.25, 0.3) is 28.0 Å². The van der Waals surface area contributed by atoms with E-state index in [1.807, 2.05) is 48.7 Å². The Kier molecular flexibility index (Phi) is 5.97. The van der Waals surface area contributed by atoms with Gasteiger partial charge < -0.3 is 5.73 Å². The lowest BCUT2D eigenvalue weighted by molar-refractivity contribution is 0.314. The standard InChI is InChI=1S/C24H22BrN9O2S/c25-20-21(16-8-10-33(11-9-16)37(35,36)24-28-14-29-32-24)31-23-18(13-30-34(23)22(20)26)17-6-7-19(27-12-17)15-4-2-1-3-5-15/h1-7,12-14,16H,8-11,26H2,(H,28,29,32). The predicted molar refractivity (Wildman–Crippen MR) is 141 cm³/mol. The Morgan fingerprint density at radius 2 is 1.78 bits per heavy atom. The summed E-state index contributed by atoms with van der Waals surface area (Å²) in [6, 6.07) is 14.0. The molecule has 6 rings (SSSR count). The van der Waals surface area contributed by atoms with Gasteiger partial charge in [-0.05, 0) is 34.8 Å². The van der Waals surface area contributed by atoms with Crippen LogP contribution in [0.2, 0.25) is 0 Å². The van der Waals surface area contributed by atoms with Gasteiger partial charge >= 0.3 is 0 Å². The van der Waals surface area contributed by atoms with E-state index in [1.54, 1.807) is 10.7 Å². The summed E-state index contributed by atoms with van der Waals surface area (Å²) in [6.07, 6.45) is 5.91. The average molecular weight is 580 g/mol. The van der Waals surface area contributed by atoms with Crippen molar-refractivity contribution >= 4 is 37.4 Å². The second kappa shape index (κ2) is 9.32. The lowest BCUT2D eigenvalue weighted by Crippen LogP contribution is -2.38. The third-order valence-corrected chi connectivity index (χ3v) is 9.15. The maximum Gasteiger partial charge on any atom is 0.278 e. The van der Waals surface area contributed by atoms with Crippen molar-refractivity contribution in [2.24, 2.45) is 0 Å². The molecule has 4 aromatic heterocycles. The zero-order valence-corrected chi connectivity index (χ0v) is 21.9. The number of nitrogens with zero attached hydrogens (tertiary/aromatic N) is 7. The van der Waals surface area contributed by atoms with Gasteiger partial charge in [0.05, 0.1) is 22.1 Å². The van der Waals surface area contributed by atoms with Crippen molar-refractivity contribution < 1.29 is 8.42 Å². The molecule has 1 aliphatic heterocycles. The van der Waals surface area contributed by atoms with Crippen LogP contribution in [-0.4, -0.2) is 60.6 Å². The molecule has 1 fully saturated rings. The van der Waals surface area contributed by atoms with Crippen molar-refractivity contribution in [3.05, 3.63) is 71.4 Å². The highest BCUT2D eigenvalue weighted by Crippen LogP contribution is 2.37. The molecule has 5 heterocycles. The van der Waals surface area contributed by atoms with E-state index in [1.165, 1.54) is 10.6 Å². The molecule has 5 aromatic rings. The SMILES string of the molecule is Nc1c(Br)c(C2CCN(S(=O)(=O)c3ncn[nH]3)CC2)nc2c(-c3ccc(-c4ccccc4)nc3)cnn12. The van der Waals surface area contributed by atoms with Crippen molar-refractivity contribution in [3.63, 3.8) is 0 Å². The van der Waals surface area contributed by atoms with Gasteiger partial charge in [0.2, 0.25) is 0 Å². The van der Waals surface area contributed by atoms with Gasteiger partial charge in [-0.2, -0.15) is 19.0 Å². The molecule has 11 nitrogen and oxygen atoms in total. The van der Waals surface area contributed by atoms with Crippen LogP contribution < -0.4 is 5.73 Å². The molecule has 0 atom stereocenters. The van der Waals surface area contributed by atoms with Crippen LogP contribution in [0.15, 0.2) is 70.8 Å². The molecule has 0 bridgehead atoms. The van der Waals surface area contributed by atoms with Crippen molar-refractivity contribution in [2.45, 2.75) is 23.9 Å². The van der Waals surface area contributed by atoms with E-state index in [0.717, 1.165) is 28.1 Å². The minimum absolute atomic E-state index is 0.0178. The number of H-pyrrole nitrogens is 1. The highest BCUT2D eigenvalue weighted by Gasteiger charge is 2.33. The zero-order valence-electron chi connectivity index (χ0n) is 19.5. The van der Waals surface area contributed by atoms with E-state index in [2.05, 4.69) is 41.2 Å². The highest BCUT2D eigenvalue weighted by molar-refractivity contribution is 9.10. The third kappa shape index (κ3) is 4.18. The highest BCUT2D eigenvalue weighted by atomic mass is 79.9. The molecular formula is C24H22BrN9O2S. The van der Waals surface area contributed by atoms with E-state index in [-0.39, 0.29) is 11.1 Å². The number of halogens is 1. The molecule has 0 radical (unpaired) electrons. The number of benzene rings is 1. The number of anilines is 1. The Hall–Kier alpha value is -3.68. The third-order valence-electron chi connectivity index (χ3n) is 6.61. The smallest absolute Gasteiger partial charge is 0.278 e. The van der Waals surface area contributed by atoms with Gasteiger partial charge in [0.25, 0.3) is 15.2 Å². The zero-order chi connectivity index (χ0) is 25.6. The van der Waals surface area contributed by atoms with Gasteiger partial charge in [-0.25, -0.2) is 23.5 Å². The van der Waals surface area contributed by atoms with Crippen LogP contribution >= 0.6 is 15.9 Å². The van der Waals surface area contributed by atoms with Crippen molar-refractivity contribution in [2.75, 3.05) is 18.8 Å². The normalized spacial score (nSPS) is 15.4. The molecule has 1 saturated heterocycles. The van der Waals surface area contributed by atoms with Crippen molar-refractivity contribution in [1.29, 1.82) is 0 Å². The first-order valence-electron chi connectivity index (χ1n) is 11.6. The number of hydrogen-bond acceptors (Lipinski definition) is 8. The fourth-order valence-electron chi connectivity index (χ4n) is 4.63. The number of piperidine rings is 1. The Balaban J connectivity index is 1.30. The molecule has 37 heavy (non-hydrogen) atoms. The van der Waals surface area contributed by atoms with Gasteiger partial charge in [-0.15, -0.1) is 0 Å². The molecule has 0 saturated carbocycles. The number of rotatable bonds is 5. The summed E-state index contributed by atoms with van der Waals surface area (Å²) in [5, 5.41) is 10.4. The number of hydrogen-bond donors (Lipinski definition) is 2. The molecule has 188 valence electrons. The lowest BCUT2D eigenvalue weighted by Gasteiger charge is -2.30. The maximum atomic E-state index is 12.8. The predicted octanol–water partition coefficient (Wildman–Crippen LogP) is 3.49. The van der Waals surface area contributed by atoms with Gasteiger partial charge in [0.1, 0.15) is 12.1 Å². The monoisotopic (exact) mass is 579 g/mol. The van der Waals surface area contributed by atoms with E-state index in [0.29, 0.717) is 41.9 Å². The summed E-state index contributed by atoms with van der Waals surface area (Å²) in [5.74, 6) is 0.459. The number of aromatic amines is 1. The van der Waals surface area contributed by atoms with Crippen LogP contribution in [0.5, 0.6) is 0 Å². The molecular weight excluding hydrogens is 558 g/mol. The average Bonchev–Trinajstić information content (AvgIpc) is 3.63. The minimum atomic E-state index is -3.71. The number of sulfonamides is 1. The van der Waals surface area contributed by atoms with Crippen LogP contribution in [0.1, 0.15) is 24.5 Å². The first-order valence-corrected chi connectivity index (χ1v) is 13.9. The maximum absolute atomic E-state index is 12.8. The van der Waals surface area contributed by atoms with Crippen molar-refractivity contribution in [3.8, 4) is 22.4 Å². The van der Waals surface area contributed by atoms with E-state index in [4.69, 9.17) is 10.7 Å². The summed E-state index contributed by atoms with van der Waals surface area (Å²) < 4.78 is 29.3. The van der Waals surface area contributed by atoms with Crippen LogP contribution in [0.4, 0.5) is 5.82 Å². The van der Waals surface area contributed by atoms with Gasteiger partial charge in [-0.1, -0.05) is 36.4 Å². The van der Waals surface area contributed by atoms with Crippen LogP contribution in [0, 0.1) is 0 Å². The van der Waals surface area contributed by atoms with Gasteiger partial charge in [-0.3, -0.25) is 4.98 Å². The summed E-state index contributed by atoms with van der Waals surface area (Å²) in [4.78, 5) is 13.4. The Bertz CT molecular complexity index is 1660. The Morgan fingerprint density at radius 3 is 2.46 bits per heavy atom. The fourth-order valence-corrected chi connectivity index (χ4v) is 6.50. The quantitative estimate of drug-likeness (QED) is 0.321. The number of nitrogens with one attached hydrogen (secondary N) is 1. The fraction of sp³-hybridized carbons (Fsp3) is 0.208. The van der Waals surface area contributed by atoms with E-state index < -0.39 is 10.0 Å². The van der Waals surface area contributed by atoms with E-state index >= 15 is 0 Å². The number of nitrogen functional groups attached to an aromatic ring is 1. The summed E-state index contributed by atoms with van der Waals surface area (Å²) >= 11 is 3.61. The minimum Gasteiger partial charge on any atom is -0.383 e. The number of fused-ring (bicyclic) bond motifs is 1. The molecule has 1 aliphatic rings. The number of pyridine rings is 1. The summed E-state index contributed by atoms with van der Waals surface area (Å²) in [6.45, 7) is 0.674. The molecule has 1 aromatic carbocycles. The van der Waals surface area contributed by atoms with Crippen LogP contribution in [-0.2, 0) is 10.0 Å². The first kappa shape index (κ1) is 23.7. The second-order valence-electron chi connectivity index (χ2n) is 8.76. The van der Waals surface area contributed by atoms with Gasteiger partial charge in [0.15, 0.2) is 5.65 Å². The first-order chi connectivity index (χ1) is 17.9. The second-order valence-corrected chi connectivity index (χ2v) is 11.4. The Morgan fingerprint density at radius 1 is 1.00 bits per heavy atom. The molecule has 0 spiro atoms. The summed E-state index contributed by atoms with van der Waals surface area (Å²) in [7, 11) is -3.71. The molecule has 0 aliphatic carbocycles. The molecule has 0 unspecified atom stereocenters. The molecule has 0 amide bonds. The van der Waals surface area contributed by atoms with Crippen molar-refractivity contribution in [1.82, 2.24) is 39.1 Å².